The van der Waals surface area contributed by atoms with E-state index in [0.717, 1.165) is 29.7 Å². The molecule has 0 heterocycles. The predicted octanol–water partition coefficient (Wildman–Crippen LogP) is 9.98. The summed E-state index contributed by atoms with van der Waals surface area (Å²) in [6, 6.07) is 22.3. The number of fused-ring (bicyclic) bond motifs is 1. The van der Waals surface area contributed by atoms with Gasteiger partial charge in [-0.1, -0.05) is 91.8 Å². The zero-order chi connectivity index (χ0) is 26.8. The zero-order valence-corrected chi connectivity index (χ0v) is 24.1. The fourth-order valence-electron chi connectivity index (χ4n) is 4.14. The van der Waals surface area contributed by atoms with Crippen LogP contribution in [0, 0.1) is 12.3 Å². The highest BCUT2D eigenvalue weighted by molar-refractivity contribution is 7.80. The monoisotopic (exact) mass is 511 g/mol. The second-order valence-corrected chi connectivity index (χ2v) is 11.1. The summed E-state index contributed by atoms with van der Waals surface area (Å²) in [4.78, 5) is 1.87. The molecule has 0 radical (unpaired) electrons. The Balaban J connectivity index is 0.000000222. The Kier molecular flexibility index (Phi) is 10.3. The standard InChI is InChI=1S/C19H17NOS.C15H24/c1-14-6-5-9-17(12-14)20(2)19(22)21-18-11-10-15-7-3-4-8-16(15)13-18;1-13-7-5-8-14(2)10-12-15(3,4)11-6-9-13/h3-13H,1-2H3;6-7,10-11H,5,8-9,12H2,1-4H3. The minimum atomic E-state index is 0.311. The molecule has 1 aliphatic rings. The molecule has 3 aromatic rings. The van der Waals surface area contributed by atoms with Gasteiger partial charge in [-0.15, -0.1) is 0 Å². The van der Waals surface area contributed by atoms with E-state index in [1.165, 1.54) is 34.9 Å². The van der Waals surface area contributed by atoms with Crippen molar-refractivity contribution in [1.29, 1.82) is 0 Å². The van der Waals surface area contributed by atoms with Crippen LogP contribution in [-0.4, -0.2) is 12.2 Å². The topological polar surface area (TPSA) is 12.5 Å². The summed E-state index contributed by atoms with van der Waals surface area (Å²) in [6.45, 7) is 11.2. The molecule has 0 aromatic heterocycles. The van der Waals surface area contributed by atoms with E-state index in [4.69, 9.17) is 17.0 Å². The number of aryl methyl sites for hydroxylation is 1. The number of benzene rings is 3. The van der Waals surface area contributed by atoms with Gasteiger partial charge in [-0.2, -0.15) is 0 Å². The Morgan fingerprint density at radius 3 is 2.38 bits per heavy atom. The van der Waals surface area contributed by atoms with Gasteiger partial charge in [0.25, 0.3) is 5.17 Å². The summed E-state index contributed by atoms with van der Waals surface area (Å²) < 4.78 is 5.84. The highest BCUT2D eigenvalue weighted by Gasteiger charge is 2.12. The SMILES string of the molecule is CC1=CCCC(C)=CCC(C)(C)C=CC1.Cc1cccc(N(C)C(=S)Oc2ccc3ccccc3c2)c1. The average Bonchev–Trinajstić information content (AvgIpc) is 2.89. The molecule has 0 fully saturated rings. The number of anilines is 1. The Morgan fingerprint density at radius 2 is 1.62 bits per heavy atom. The normalized spacial score (nSPS) is 15.4. The van der Waals surface area contributed by atoms with E-state index < -0.39 is 0 Å². The van der Waals surface area contributed by atoms with Crippen LogP contribution in [0.25, 0.3) is 10.8 Å². The molecular weight excluding hydrogens is 470 g/mol. The molecule has 0 saturated carbocycles. The van der Waals surface area contributed by atoms with Gasteiger partial charge < -0.3 is 9.64 Å². The van der Waals surface area contributed by atoms with Crippen LogP contribution in [0.1, 0.15) is 58.9 Å². The van der Waals surface area contributed by atoms with Crippen molar-refractivity contribution in [2.75, 3.05) is 11.9 Å². The summed E-state index contributed by atoms with van der Waals surface area (Å²) in [5.74, 6) is 0.753. The summed E-state index contributed by atoms with van der Waals surface area (Å²) in [6.07, 6.45) is 14.1. The molecule has 4 rings (SSSR count). The van der Waals surface area contributed by atoms with Crippen LogP contribution in [0.4, 0.5) is 5.69 Å². The first kappa shape index (κ1) is 28.4. The van der Waals surface area contributed by atoms with Crippen LogP contribution < -0.4 is 9.64 Å². The van der Waals surface area contributed by atoms with Gasteiger partial charge in [-0.3, -0.25) is 0 Å². The minimum absolute atomic E-state index is 0.311. The van der Waals surface area contributed by atoms with Crippen LogP contribution in [0.15, 0.2) is 102 Å². The second-order valence-electron chi connectivity index (χ2n) is 10.7. The number of thiocarbonyl (C=S) groups is 1. The van der Waals surface area contributed by atoms with E-state index in [2.05, 4.69) is 83.2 Å². The van der Waals surface area contributed by atoms with Crippen LogP contribution in [0.5, 0.6) is 5.75 Å². The van der Waals surface area contributed by atoms with Crippen molar-refractivity contribution in [3.63, 3.8) is 0 Å². The van der Waals surface area contributed by atoms with E-state index in [0.29, 0.717) is 10.6 Å². The fourth-order valence-corrected chi connectivity index (χ4v) is 4.34. The fraction of sp³-hybridized carbons (Fsp3) is 0.324. The van der Waals surface area contributed by atoms with Gasteiger partial charge in [0.15, 0.2) is 0 Å². The quantitative estimate of drug-likeness (QED) is 0.251. The Bertz CT molecular complexity index is 1300. The smallest absolute Gasteiger partial charge is 0.269 e. The maximum atomic E-state index is 5.84. The van der Waals surface area contributed by atoms with Gasteiger partial charge in [0.05, 0.1) is 0 Å². The lowest BCUT2D eigenvalue weighted by Gasteiger charge is -2.20. The van der Waals surface area contributed by atoms with Gasteiger partial charge in [0.1, 0.15) is 5.75 Å². The molecule has 0 aliphatic heterocycles. The summed E-state index contributed by atoms with van der Waals surface area (Å²) in [7, 11) is 1.91. The summed E-state index contributed by atoms with van der Waals surface area (Å²) in [5, 5.41) is 2.76. The Morgan fingerprint density at radius 1 is 0.865 bits per heavy atom. The second kappa shape index (κ2) is 13.4. The van der Waals surface area contributed by atoms with Crippen molar-refractivity contribution in [2.24, 2.45) is 5.41 Å². The Labute approximate surface area is 229 Å². The molecule has 2 nitrogen and oxygen atoms in total. The van der Waals surface area contributed by atoms with Crippen LogP contribution in [0.3, 0.4) is 0 Å². The summed E-state index contributed by atoms with van der Waals surface area (Å²) in [5.41, 5.74) is 5.55. The van der Waals surface area contributed by atoms with E-state index in [1.54, 1.807) is 0 Å². The van der Waals surface area contributed by atoms with Gasteiger partial charge in [-0.05, 0) is 105 Å². The van der Waals surface area contributed by atoms with Crippen LogP contribution in [0.2, 0.25) is 0 Å². The lowest BCUT2D eigenvalue weighted by Crippen LogP contribution is -2.29. The molecule has 0 atom stereocenters. The van der Waals surface area contributed by atoms with E-state index in [9.17, 15) is 0 Å². The molecule has 0 saturated heterocycles. The van der Waals surface area contributed by atoms with E-state index in [1.807, 2.05) is 54.4 Å². The Hall–Kier alpha value is -3.17. The van der Waals surface area contributed by atoms with Crippen LogP contribution in [-0.2, 0) is 0 Å². The maximum Gasteiger partial charge on any atom is 0.269 e. The van der Waals surface area contributed by atoms with Gasteiger partial charge in [0.2, 0.25) is 0 Å². The average molecular weight is 512 g/mol. The number of allylic oxidation sites excluding steroid dienone is 6. The maximum absolute atomic E-state index is 5.84. The molecule has 0 bridgehead atoms. The van der Waals surface area contributed by atoms with Gasteiger partial charge in [0, 0.05) is 12.7 Å². The molecule has 0 spiro atoms. The minimum Gasteiger partial charge on any atom is -0.432 e. The lowest BCUT2D eigenvalue weighted by atomic mass is 9.87. The third kappa shape index (κ3) is 9.33. The van der Waals surface area contributed by atoms with Crippen molar-refractivity contribution >= 4 is 33.9 Å². The third-order valence-corrected chi connectivity index (χ3v) is 6.96. The van der Waals surface area contributed by atoms with Crippen LogP contribution >= 0.6 is 12.2 Å². The number of hydrogen-bond donors (Lipinski definition) is 0. The molecule has 0 N–H and O–H groups in total. The molecule has 3 aromatic carbocycles. The third-order valence-electron chi connectivity index (χ3n) is 6.61. The lowest BCUT2D eigenvalue weighted by molar-refractivity contribution is 0.486. The van der Waals surface area contributed by atoms with Crippen molar-refractivity contribution in [3.8, 4) is 5.75 Å². The molecule has 3 heteroatoms. The molecule has 0 unspecified atom stereocenters. The molecule has 37 heavy (non-hydrogen) atoms. The molecule has 1 aliphatic carbocycles. The highest BCUT2D eigenvalue weighted by Crippen LogP contribution is 2.26. The predicted molar refractivity (Wildman–Crippen MR) is 166 cm³/mol. The number of hydrogen-bond acceptors (Lipinski definition) is 2. The van der Waals surface area contributed by atoms with E-state index >= 15 is 0 Å². The van der Waals surface area contributed by atoms with Crippen molar-refractivity contribution in [1.82, 2.24) is 0 Å². The zero-order valence-electron chi connectivity index (χ0n) is 23.3. The summed E-state index contributed by atoms with van der Waals surface area (Å²) >= 11 is 5.41. The van der Waals surface area contributed by atoms with E-state index in [-0.39, 0.29) is 0 Å². The first-order chi connectivity index (χ1) is 17.6. The molecular formula is C34H41NOS. The number of ether oxygens (including phenoxy) is 1. The first-order valence-corrected chi connectivity index (χ1v) is 13.5. The highest BCUT2D eigenvalue weighted by atomic mass is 32.1. The number of nitrogens with zero attached hydrogens (tertiary/aromatic N) is 1. The van der Waals surface area contributed by atoms with Crippen molar-refractivity contribution < 1.29 is 4.74 Å². The molecule has 0 amide bonds. The first-order valence-electron chi connectivity index (χ1n) is 13.1. The number of rotatable bonds is 2. The van der Waals surface area contributed by atoms with Crippen molar-refractivity contribution in [3.05, 3.63) is 108 Å². The largest absolute Gasteiger partial charge is 0.432 e. The van der Waals surface area contributed by atoms with Gasteiger partial charge in [-0.25, -0.2) is 0 Å². The molecule has 194 valence electrons. The van der Waals surface area contributed by atoms with Crippen molar-refractivity contribution in [2.45, 2.75) is 60.3 Å². The van der Waals surface area contributed by atoms with Gasteiger partial charge >= 0.3 is 0 Å².